The van der Waals surface area contributed by atoms with E-state index in [1.54, 1.807) is 31.4 Å². The standard InChI is InChI=1S/C20H18N2O4S/c1-12-6-4-5-7-16(12)22-19(24)15(18(23)21-20(22)27)10-13-8-9-14(25-2)11-17(13)26-3/h4-11H,1-3H3,(H,21,23,27)/b15-10+. The lowest BCUT2D eigenvalue weighted by Crippen LogP contribution is -2.54. The van der Waals surface area contributed by atoms with Crippen LogP contribution in [0.15, 0.2) is 48.0 Å². The molecule has 3 rings (SSSR count). The molecule has 0 atom stereocenters. The van der Waals surface area contributed by atoms with Gasteiger partial charge in [0, 0.05) is 11.6 Å². The molecule has 27 heavy (non-hydrogen) atoms. The molecule has 0 spiro atoms. The van der Waals surface area contributed by atoms with Gasteiger partial charge in [-0.05, 0) is 49.0 Å². The van der Waals surface area contributed by atoms with Crippen molar-refractivity contribution in [3.05, 3.63) is 59.2 Å². The molecule has 138 valence electrons. The van der Waals surface area contributed by atoms with Crippen LogP contribution in [0, 0.1) is 6.92 Å². The Morgan fingerprint density at radius 2 is 1.81 bits per heavy atom. The van der Waals surface area contributed by atoms with Crippen molar-refractivity contribution in [1.82, 2.24) is 5.32 Å². The van der Waals surface area contributed by atoms with Crippen molar-refractivity contribution in [2.45, 2.75) is 6.92 Å². The lowest BCUT2D eigenvalue weighted by atomic mass is 10.0. The minimum atomic E-state index is -0.548. The van der Waals surface area contributed by atoms with Crippen molar-refractivity contribution < 1.29 is 19.1 Å². The number of hydrogen-bond donors (Lipinski definition) is 1. The van der Waals surface area contributed by atoms with Crippen molar-refractivity contribution in [2.24, 2.45) is 0 Å². The Morgan fingerprint density at radius 1 is 1.07 bits per heavy atom. The van der Waals surface area contributed by atoms with Crippen molar-refractivity contribution in [3.8, 4) is 11.5 Å². The van der Waals surface area contributed by atoms with E-state index in [9.17, 15) is 9.59 Å². The number of aryl methyl sites for hydroxylation is 1. The Balaban J connectivity index is 2.06. The fourth-order valence-electron chi connectivity index (χ4n) is 2.78. The highest BCUT2D eigenvalue weighted by Crippen LogP contribution is 2.29. The molecule has 6 nitrogen and oxygen atoms in total. The Kier molecular flexibility index (Phi) is 5.23. The van der Waals surface area contributed by atoms with E-state index in [1.807, 2.05) is 25.1 Å². The second-order valence-corrected chi connectivity index (χ2v) is 6.24. The number of nitrogens with one attached hydrogen (secondary N) is 1. The van der Waals surface area contributed by atoms with Gasteiger partial charge >= 0.3 is 0 Å². The Morgan fingerprint density at radius 3 is 2.48 bits per heavy atom. The maximum atomic E-state index is 13.1. The monoisotopic (exact) mass is 382 g/mol. The zero-order chi connectivity index (χ0) is 19.6. The molecule has 2 aromatic rings. The first kappa shape index (κ1) is 18.6. The minimum Gasteiger partial charge on any atom is -0.497 e. The molecule has 1 aliphatic rings. The second kappa shape index (κ2) is 7.59. The molecule has 2 amide bonds. The third kappa shape index (κ3) is 3.54. The summed E-state index contributed by atoms with van der Waals surface area (Å²) >= 11 is 5.23. The number of thiocarbonyl (C=S) groups is 1. The Labute approximate surface area is 162 Å². The highest BCUT2D eigenvalue weighted by Gasteiger charge is 2.35. The summed E-state index contributed by atoms with van der Waals surface area (Å²) in [5, 5.41) is 2.63. The molecule has 1 heterocycles. The summed E-state index contributed by atoms with van der Waals surface area (Å²) in [5.74, 6) is 0.0535. The largest absolute Gasteiger partial charge is 0.497 e. The van der Waals surface area contributed by atoms with Gasteiger partial charge in [-0.3, -0.25) is 19.8 Å². The lowest BCUT2D eigenvalue weighted by Gasteiger charge is -2.30. The third-order valence-corrected chi connectivity index (χ3v) is 4.48. The summed E-state index contributed by atoms with van der Waals surface area (Å²) in [6.45, 7) is 1.87. The second-order valence-electron chi connectivity index (χ2n) is 5.85. The number of methoxy groups -OCH3 is 2. The molecule has 0 radical (unpaired) electrons. The first-order chi connectivity index (χ1) is 13.0. The quantitative estimate of drug-likeness (QED) is 0.500. The summed E-state index contributed by atoms with van der Waals surface area (Å²) < 4.78 is 10.5. The summed E-state index contributed by atoms with van der Waals surface area (Å²) in [4.78, 5) is 26.8. The number of nitrogens with zero attached hydrogens (tertiary/aromatic N) is 1. The summed E-state index contributed by atoms with van der Waals surface area (Å²) in [6.07, 6.45) is 1.49. The van der Waals surface area contributed by atoms with Gasteiger partial charge in [0.15, 0.2) is 5.11 Å². The molecule has 1 fully saturated rings. The van der Waals surface area contributed by atoms with Crippen molar-refractivity contribution in [2.75, 3.05) is 19.1 Å². The number of hydrogen-bond acceptors (Lipinski definition) is 5. The average Bonchev–Trinajstić information content (AvgIpc) is 2.66. The van der Waals surface area contributed by atoms with E-state index in [0.29, 0.717) is 22.7 Å². The third-order valence-electron chi connectivity index (χ3n) is 4.20. The number of anilines is 1. The molecule has 7 heteroatoms. The molecule has 0 aliphatic carbocycles. The molecular formula is C20H18N2O4S. The minimum absolute atomic E-state index is 0.0321. The Bertz CT molecular complexity index is 968. The Hall–Kier alpha value is -3.19. The molecular weight excluding hydrogens is 364 g/mol. The van der Waals surface area contributed by atoms with Gasteiger partial charge in [0.2, 0.25) is 0 Å². The van der Waals surface area contributed by atoms with E-state index in [4.69, 9.17) is 21.7 Å². The number of ether oxygens (including phenoxy) is 2. The number of carbonyl (C=O) groups excluding carboxylic acids is 2. The summed E-state index contributed by atoms with van der Waals surface area (Å²) in [5.41, 5.74) is 2.04. The van der Waals surface area contributed by atoms with Crippen molar-refractivity contribution in [1.29, 1.82) is 0 Å². The van der Waals surface area contributed by atoms with E-state index >= 15 is 0 Å². The zero-order valence-corrected chi connectivity index (χ0v) is 15.9. The predicted octanol–water partition coefficient (Wildman–Crippen LogP) is 2.84. The van der Waals surface area contributed by atoms with Gasteiger partial charge in [0.05, 0.1) is 19.9 Å². The van der Waals surface area contributed by atoms with Crippen molar-refractivity contribution >= 4 is 40.9 Å². The molecule has 0 bridgehead atoms. The molecule has 0 aromatic heterocycles. The molecule has 2 aromatic carbocycles. The molecule has 0 unspecified atom stereocenters. The first-order valence-corrected chi connectivity index (χ1v) is 8.56. The van der Waals surface area contributed by atoms with Crippen molar-refractivity contribution in [3.63, 3.8) is 0 Å². The molecule has 1 N–H and O–H groups in total. The topological polar surface area (TPSA) is 67.9 Å². The zero-order valence-electron chi connectivity index (χ0n) is 15.1. The van der Waals surface area contributed by atoms with Crippen LogP contribution in [0.4, 0.5) is 5.69 Å². The van der Waals surface area contributed by atoms with Crippen LogP contribution in [-0.2, 0) is 9.59 Å². The molecule has 1 aliphatic heterocycles. The fourth-order valence-corrected chi connectivity index (χ4v) is 3.06. The number of rotatable bonds is 4. The van der Waals surface area contributed by atoms with Crippen LogP contribution in [0.3, 0.4) is 0 Å². The van der Waals surface area contributed by atoms with Gasteiger partial charge < -0.3 is 9.47 Å². The highest BCUT2D eigenvalue weighted by molar-refractivity contribution is 7.80. The fraction of sp³-hybridized carbons (Fsp3) is 0.150. The van der Waals surface area contributed by atoms with Crippen LogP contribution in [0.25, 0.3) is 6.08 Å². The number of carbonyl (C=O) groups is 2. The van der Waals surface area contributed by atoms with Gasteiger partial charge in [0.25, 0.3) is 11.8 Å². The van der Waals surface area contributed by atoms with E-state index in [2.05, 4.69) is 5.32 Å². The highest BCUT2D eigenvalue weighted by atomic mass is 32.1. The normalized spacial score (nSPS) is 15.7. The lowest BCUT2D eigenvalue weighted by molar-refractivity contribution is -0.122. The van der Waals surface area contributed by atoms with Crippen LogP contribution in [0.2, 0.25) is 0 Å². The van der Waals surface area contributed by atoms with Gasteiger partial charge in [-0.1, -0.05) is 18.2 Å². The van der Waals surface area contributed by atoms with Gasteiger partial charge in [-0.25, -0.2) is 0 Å². The SMILES string of the molecule is COc1ccc(/C=C2\C(=O)NC(=S)N(c3ccccc3C)C2=O)c(OC)c1. The van der Waals surface area contributed by atoms with Crippen LogP contribution in [0.5, 0.6) is 11.5 Å². The average molecular weight is 382 g/mol. The number of para-hydroxylation sites is 1. The maximum absolute atomic E-state index is 13.1. The summed E-state index contributed by atoms with van der Waals surface area (Å²) in [6, 6.07) is 12.5. The van der Waals surface area contributed by atoms with E-state index in [0.717, 1.165) is 5.56 Å². The van der Waals surface area contributed by atoms with Gasteiger partial charge in [-0.15, -0.1) is 0 Å². The predicted molar refractivity (Wildman–Crippen MR) is 107 cm³/mol. The smallest absolute Gasteiger partial charge is 0.270 e. The van der Waals surface area contributed by atoms with E-state index in [-0.39, 0.29) is 10.7 Å². The number of amides is 2. The van der Waals surface area contributed by atoms with Crippen LogP contribution < -0.4 is 19.7 Å². The maximum Gasteiger partial charge on any atom is 0.270 e. The van der Waals surface area contributed by atoms with Gasteiger partial charge in [0.1, 0.15) is 17.1 Å². The number of benzene rings is 2. The molecule has 1 saturated heterocycles. The van der Waals surface area contributed by atoms with E-state index in [1.165, 1.54) is 18.1 Å². The summed E-state index contributed by atoms with van der Waals surface area (Å²) in [7, 11) is 3.06. The molecule has 0 saturated carbocycles. The van der Waals surface area contributed by atoms with Crippen LogP contribution in [0.1, 0.15) is 11.1 Å². The van der Waals surface area contributed by atoms with Crippen LogP contribution >= 0.6 is 12.2 Å². The van der Waals surface area contributed by atoms with Gasteiger partial charge in [-0.2, -0.15) is 0 Å². The van der Waals surface area contributed by atoms with Crippen LogP contribution in [-0.4, -0.2) is 31.1 Å². The van der Waals surface area contributed by atoms with E-state index < -0.39 is 11.8 Å². The first-order valence-electron chi connectivity index (χ1n) is 8.15.